The summed E-state index contributed by atoms with van der Waals surface area (Å²) in [4.78, 5) is 25.1. The summed E-state index contributed by atoms with van der Waals surface area (Å²) in [6.07, 6.45) is 2.57. The molecule has 2 aromatic carbocycles. The molecule has 1 heterocycles. The molecule has 1 amide bonds. The summed E-state index contributed by atoms with van der Waals surface area (Å²) in [5.41, 5.74) is 3.08. The van der Waals surface area contributed by atoms with Crippen LogP contribution in [0.1, 0.15) is 29.4 Å². The number of carbonyl (C=O) groups excluding carboxylic acids is 2. The molecule has 2 atom stereocenters. The highest BCUT2D eigenvalue weighted by atomic mass is 32.2. The van der Waals surface area contributed by atoms with Gasteiger partial charge in [-0.05, 0) is 36.5 Å². The van der Waals surface area contributed by atoms with Crippen molar-refractivity contribution in [3.8, 4) is 11.1 Å². The van der Waals surface area contributed by atoms with Gasteiger partial charge in [-0.3, -0.25) is 9.59 Å². The van der Waals surface area contributed by atoms with E-state index >= 15 is 0 Å². The number of nitrogens with one attached hydrogen (secondary N) is 3. The number of nitrogens with zero attached hydrogens (tertiary/aromatic N) is 2. The van der Waals surface area contributed by atoms with Gasteiger partial charge in [0.2, 0.25) is 10.0 Å². The number of hydrogen-bond donors (Lipinski definition) is 3. The van der Waals surface area contributed by atoms with Crippen LogP contribution in [0.25, 0.3) is 11.1 Å². The largest absolute Gasteiger partial charge is 0.465 e. The number of benzene rings is 2. The van der Waals surface area contributed by atoms with Gasteiger partial charge < -0.3 is 10.1 Å². The zero-order chi connectivity index (χ0) is 24.6. The summed E-state index contributed by atoms with van der Waals surface area (Å²) in [5.74, 6) is -1.21. The van der Waals surface area contributed by atoms with Crippen molar-refractivity contribution in [3.05, 3.63) is 72.1 Å². The Morgan fingerprint density at radius 2 is 1.74 bits per heavy atom. The molecule has 11 heteroatoms. The number of H-pyrrole nitrogens is 1. The van der Waals surface area contributed by atoms with Crippen molar-refractivity contribution in [3.63, 3.8) is 0 Å². The number of hydrogen-bond acceptors (Lipinski definition) is 7. The number of aromatic nitrogens is 3. The van der Waals surface area contributed by atoms with Crippen molar-refractivity contribution in [1.82, 2.24) is 25.4 Å². The summed E-state index contributed by atoms with van der Waals surface area (Å²) >= 11 is 0. The van der Waals surface area contributed by atoms with Gasteiger partial charge in [0.1, 0.15) is 6.04 Å². The Morgan fingerprint density at radius 3 is 2.32 bits per heavy atom. The minimum absolute atomic E-state index is 0.0179. The summed E-state index contributed by atoms with van der Waals surface area (Å²) < 4.78 is 31.0. The van der Waals surface area contributed by atoms with Crippen molar-refractivity contribution in [2.75, 3.05) is 12.9 Å². The maximum Gasteiger partial charge on any atom is 0.324 e. The molecule has 0 aliphatic carbocycles. The number of rotatable bonds is 11. The first-order valence-corrected chi connectivity index (χ1v) is 12.6. The summed E-state index contributed by atoms with van der Waals surface area (Å²) in [6.45, 7) is 1.73. The third-order valence-electron chi connectivity index (χ3n) is 4.97. The maximum atomic E-state index is 12.6. The Hall–Kier alpha value is -3.57. The minimum atomic E-state index is -3.70. The first-order chi connectivity index (χ1) is 16.2. The molecule has 0 radical (unpaired) electrons. The normalized spacial score (nSPS) is 13.1. The Balaban J connectivity index is 1.82. The number of carbonyl (C=O) groups is 2. The monoisotopic (exact) mass is 485 g/mol. The topological polar surface area (TPSA) is 143 Å². The van der Waals surface area contributed by atoms with Gasteiger partial charge >= 0.3 is 5.97 Å². The van der Waals surface area contributed by atoms with Crippen LogP contribution >= 0.6 is 0 Å². The molecule has 0 fully saturated rings. The van der Waals surface area contributed by atoms with E-state index in [1.807, 2.05) is 54.6 Å². The average Bonchev–Trinajstić information content (AvgIpc) is 3.34. The molecule has 10 nitrogen and oxygen atoms in total. The second-order valence-electron chi connectivity index (χ2n) is 7.72. The molecule has 0 aliphatic heterocycles. The highest BCUT2D eigenvalue weighted by Crippen LogP contribution is 2.20. The Morgan fingerprint density at radius 1 is 1.06 bits per heavy atom. The van der Waals surface area contributed by atoms with Gasteiger partial charge in [-0.1, -0.05) is 54.6 Å². The molecule has 3 rings (SSSR count). The van der Waals surface area contributed by atoms with Gasteiger partial charge in [0.25, 0.3) is 5.91 Å². The predicted molar refractivity (Wildman–Crippen MR) is 126 cm³/mol. The zero-order valence-electron chi connectivity index (χ0n) is 18.9. The Kier molecular flexibility index (Phi) is 8.50. The Labute approximate surface area is 198 Å². The lowest BCUT2D eigenvalue weighted by molar-refractivity contribution is -0.145. The van der Waals surface area contributed by atoms with Crippen LogP contribution in [0.3, 0.4) is 0 Å². The molecule has 34 heavy (non-hydrogen) atoms. The molecule has 0 aliphatic rings. The van der Waals surface area contributed by atoms with Crippen molar-refractivity contribution in [1.29, 1.82) is 0 Å². The Bertz CT molecular complexity index is 1180. The molecule has 180 valence electrons. The number of amides is 1. The van der Waals surface area contributed by atoms with Crippen LogP contribution in [-0.2, 0) is 26.0 Å². The van der Waals surface area contributed by atoms with Gasteiger partial charge in [0.05, 0.1) is 19.1 Å². The lowest BCUT2D eigenvalue weighted by Crippen LogP contribution is -2.47. The van der Waals surface area contributed by atoms with Crippen LogP contribution in [0.15, 0.2) is 60.8 Å². The average molecular weight is 486 g/mol. The van der Waals surface area contributed by atoms with E-state index in [4.69, 9.17) is 4.74 Å². The standard InChI is InChI=1S/C23H27N5O5S/c1-3-33-23(30)20(27-34(2,31)32)14-19(25-22(29)21-15-24-28-26-21)13-16-9-11-18(12-10-16)17-7-5-4-6-8-17/h4-12,15,19-20,27H,3,13-14H2,1-2H3,(H,25,29)(H,24,26,28)/t19-,20-/m1/s1. The predicted octanol–water partition coefficient (Wildman–Crippen LogP) is 1.68. The van der Waals surface area contributed by atoms with E-state index in [1.165, 1.54) is 6.20 Å². The van der Waals surface area contributed by atoms with E-state index in [0.29, 0.717) is 6.42 Å². The lowest BCUT2D eigenvalue weighted by atomic mass is 9.97. The fraction of sp³-hybridized carbons (Fsp3) is 0.304. The maximum absolute atomic E-state index is 12.6. The van der Waals surface area contributed by atoms with Gasteiger partial charge in [-0.25, -0.2) is 13.1 Å². The van der Waals surface area contributed by atoms with Gasteiger partial charge in [-0.15, -0.1) is 0 Å². The molecule has 0 saturated carbocycles. The van der Waals surface area contributed by atoms with E-state index in [2.05, 4.69) is 25.4 Å². The first-order valence-electron chi connectivity index (χ1n) is 10.7. The van der Waals surface area contributed by atoms with E-state index in [0.717, 1.165) is 22.9 Å². The SMILES string of the molecule is CCOC(=O)[C@@H](C[C@@H](Cc1ccc(-c2ccccc2)cc1)NC(=O)c1cn[nH]n1)NS(C)(=O)=O. The quantitative estimate of drug-likeness (QED) is 0.351. The van der Waals surface area contributed by atoms with E-state index in [-0.39, 0.29) is 18.7 Å². The highest BCUT2D eigenvalue weighted by Gasteiger charge is 2.28. The molecule has 0 spiro atoms. The molecule has 0 bridgehead atoms. The van der Waals surface area contributed by atoms with Gasteiger partial charge in [0.15, 0.2) is 5.69 Å². The first kappa shape index (κ1) is 25.1. The number of aromatic amines is 1. The van der Waals surface area contributed by atoms with Crippen molar-refractivity contribution in [2.24, 2.45) is 0 Å². The molecule has 3 N–H and O–H groups in total. The molecule has 0 unspecified atom stereocenters. The summed E-state index contributed by atoms with van der Waals surface area (Å²) in [6, 6.07) is 15.9. The smallest absolute Gasteiger partial charge is 0.324 e. The van der Waals surface area contributed by atoms with E-state index < -0.39 is 34.0 Å². The summed E-state index contributed by atoms with van der Waals surface area (Å²) in [5, 5.41) is 12.6. The molecular formula is C23H27N5O5S. The second-order valence-corrected chi connectivity index (χ2v) is 9.50. The van der Waals surface area contributed by atoms with Crippen LogP contribution in [-0.4, -0.2) is 60.7 Å². The van der Waals surface area contributed by atoms with Gasteiger partial charge in [0, 0.05) is 6.04 Å². The zero-order valence-corrected chi connectivity index (χ0v) is 19.7. The third-order valence-corrected chi connectivity index (χ3v) is 5.69. The minimum Gasteiger partial charge on any atom is -0.465 e. The lowest BCUT2D eigenvalue weighted by Gasteiger charge is -2.24. The van der Waals surface area contributed by atoms with E-state index in [9.17, 15) is 18.0 Å². The van der Waals surface area contributed by atoms with Crippen LogP contribution in [0.4, 0.5) is 0 Å². The fourth-order valence-corrected chi connectivity index (χ4v) is 4.20. The van der Waals surface area contributed by atoms with Crippen LogP contribution in [0.2, 0.25) is 0 Å². The molecule has 3 aromatic rings. The van der Waals surface area contributed by atoms with Crippen molar-refractivity contribution >= 4 is 21.9 Å². The molecular weight excluding hydrogens is 458 g/mol. The number of esters is 1. The van der Waals surface area contributed by atoms with Crippen LogP contribution in [0, 0.1) is 0 Å². The van der Waals surface area contributed by atoms with Gasteiger partial charge in [-0.2, -0.15) is 15.4 Å². The van der Waals surface area contributed by atoms with Crippen LogP contribution < -0.4 is 10.0 Å². The molecule has 0 saturated heterocycles. The van der Waals surface area contributed by atoms with E-state index in [1.54, 1.807) is 6.92 Å². The number of ether oxygens (including phenoxy) is 1. The van der Waals surface area contributed by atoms with Crippen molar-refractivity contribution < 1.29 is 22.7 Å². The number of sulfonamides is 1. The highest BCUT2D eigenvalue weighted by molar-refractivity contribution is 7.88. The molecule has 1 aromatic heterocycles. The fourth-order valence-electron chi connectivity index (χ4n) is 3.49. The second kappa shape index (κ2) is 11.5. The van der Waals surface area contributed by atoms with Crippen LogP contribution in [0.5, 0.6) is 0 Å². The summed E-state index contributed by atoms with van der Waals surface area (Å²) in [7, 11) is -3.70. The third kappa shape index (κ3) is 7.49. The van der Waals surface area contributed by atoms with Crippen molar-refractivity contribution in [2.45, 2.75) is 31.8 Å².